The summed E-state index contributed by atoms with van der Waals surface area (Å²) in [6, 6.07) is 6.68. The Morgan fingerprint density at radius 2 is 2.29 bits per heavy atom. The van der Waals surface area contributed by atoms with Crippen molar-refractivity contribution in [1.82, 2.24) is 5.31 Å². The lowest BCUT2D eigenvalue weighted by atomic mass is 9.79. The summed E-state index contributed by atoms with van der Waals surface area (Å²) >= 11 is 0. The van der Waals surface area contributed by atoms with E-state index in [1.54, 1.807) is 0 Å². The van der Waals surface area contributed by atoms with E-state index in [0.717, 1.165) is 16.6 Å². The molecule has 5 nitrogen and oxygen atoms in total. The van der Waals surface area contributed by atoms with Crippen LogP contribution in [0.1, 0.15) is 12.0 Å². The molecule has 1 aromatic rings. The molecule has 2 aliphatic heterocycles. The van der Waals surface area contributed by atoms with Crippen molar-refractivity contribution < 1.29 is 11.0 Å². The van der Waals surface area contributed by atoms with Crippen LogP contribution in [0.2, 0.25) is 1.41 Å². The Balaban J connectivity index is 2.07. The van der Waals surface area contributed by atoms with Crippen molar-refractivity contribution in [3.8, 4) is 0 Å². The predicted molar refractivity (Wildman–Crippen MR) is 62.4 cm³/mol. The first-order valence-electron chi connectivity index (χ1n) is 5.95. The molecule has 1 saturated heterocycles. The highest BCUT2D eigenvalue weighted by molar-refractivity contribution is 6.07. The largest absolute Gasteiger partial charge is 0.368 e. The van der Waals surface area contributed by atoms with E-state index in [4.69, 9.17) is 7.15 Å². The first kappa shape index (κ1) is 9.18. The third-order valence-electron chi connectivity index (χ3n) is 3.58. The maximum absolute atomic E-state index is 12.2. The molecular weight excluding hydrogens is 218 g/mol. The van der Waals surface area contributed by atoms with E-state index in [0.29, 0.717) is 0 Å². The van der Waals surface area contributed by atoms with E-state index in [1.165, 1.54) is 0 Å². The Morgan fingerprint density at radius 1 is 1.53 bits per heavy atom. The number of anilines is 1. The van der Waals surface area contributed by atoms with Crippen molar-refractivity contribution >= 4 is 17.5 Å². The molecule has 1 aromatic carbocycles. The smallest absolute Gasteiger partial charge is 0.236 e. The normalized spacial score (nSPS) is 32.4. The standard InChI is InChI=1S/C12H13N3O2/c13-10(16)9-5-12(6-14-9)7-3-1-2-4-8(7)15-11(12)17/h1-4,9,14H,5-6H2,(H2,13,16)(H,15,17)/t9-,12-/m0/s1/i/hD. The van der Waals surface area contributed by atoms with Crippen molar-refractivity contribution in [2.75, 3.05) is 11.9 Å². The first-order valence-corrected chi connectivity index (χ1v) is 5.50. The Kier molecular flexibility index (Phi) is 1.78. The van der Waals surface area contributed by atoms with Gasteiger partial charge in [0.15, 0.2) is 0 Å². The van der Waals surface area contributed by atoms with Gasteiger partial charge in [-0.05, 0) is 18.1 Å². The highest BCUT2D eigenvalue weighted by Gasteiger charge is 2.52. The molecule has 2 aliphatic rings. The Bertz CT molecular complexity index is 548. The number of benzene rings is 1. The number of fused-ring (bicyclic) bond motifs is 2. The van der Waals surface area contributed by atoms with Crippen LogP contribution in [0.5, 0.6) is 0 Å². The molecule has 0 saturated carbocycles. The second-order valence-corrected chi connectivity index (χ2v) is 4.54. The number of amides is 2. The molecule has 0 radical (unpaired) electrons. The number of hydrogen-bond acceptors (Lipinski definition) is 3. The second-order valence-electron chi connectivity index (χ2n) is 4.54. The molecule has 2 heterocycles. The van der Waals surface area contributed by atoms with Gasteiger partial charge in [-0.2, -0.15) is 0 Å². The fourth-order valence-electron chi connectivity index (χ4n) is 2.65. The fourth-order valence-corrected chi connectivity index (χ4v) is 2.65. The second kappa shape index (κ2) is 3.30. The van der Waals surface area contributed by atoms with Gasteiger partial charge < -0.3 is 16.4 Å². The van der Waals surface area contributed by atoms with Crippen LogP contribution in [0, 0.1) is 0 Å². The van der Waals surface area contributed by atoms with Gasteiger partial charge in [0.25, 0.3) is 0 Å². The first-order chi connectivity index (χ1) is 8.54. The molecule has 1 spiro atoms. The van der Waals surface area contributed by atoms with E-state index >= 15 is 0 Å². The summed E-state index contributed by atoms with van der Waals surface area (Å²) in [6.07, 6.45) is 0.272. The van der Waals surface area contributed by atoms with Gasteiger partial charge in [0.05, 0.1) is 11.5 Å². The van der Waals surface area contributed by atoms with E-state index in [-0.39, 0.29) is 18.9 Å². The Hall–Kier alpha value is -1.88. The van der Waals surface area contributed by atoms with Crippen molar-refractivity contribution in [3.05, 3.63) is 29.8 Å². The summed E-state index contributed by atoms with van der Waals surface area (Å²) in [5, 5.41) is 3.92. The number of primary amides is 1. The molecular formula is C12H13N3O2. The number of carbonyl (C=O) groups excluding carboxylic acids is 2. The van der Waals surface area contributed by atoms with E-state index in [1.807, 2.05) is 24.3 Å². The summed E-state index contributed by atoms with van der Waals surface area (Å²) < 4.78 is 7.79. The third kappa shape index (κ3) is 1.29. The minimum Gasteiger partial charge on any atom is -0.368 e. The number of carbonyl (C=O) groups is 2. The van der Waals surface area contributed by atoms with Crippen LogP contribution >= 0.6 is 0 Å². The van der Waals surface area contributed by atoms with Gasteiger partial charge in [0.1, 0.15) is 1.41 Å². The number of para-hydroxylation sites is 1. The van der Waals surface area contributed by atoms with E-state index in [9.17, 15) is 9.59 Å². The highest BCUT2D eigenvalue weighted by Crippen LogP contribution is 2.43. The molecule has 5 heteroatoms. The summed E-state index contributed by atoms with van der Waals surface area (Å²) in [5.41, 5.74) is 6.09. The van der Waals surface area contributed by atoms with Crippen molar-refractivity contribution in [2.45, 2.75) is 17.9 Å². The number of hydrogen-bond donors (Lipinski definition) is 3. The Labute approximate surface area is 99.8 Å². The lowest BCUT2D eigenvalue weighted by Gasteiger charge is -2.19. The van der Waals surface area contributed by atoms with Crippen molar-refractivity contribution in [2.24, 2.45) is 5.73 Å². The highest BCUT2D eigenvalue weighted by atomic mass is 16.2. The number of nitrogens with two attached hydrogens (primary N) is 1. The van der Waals surface area contributed by atoms with Gasteiger partial charge in [0.2, 0.25) is 11.8 Å². The van der Waals surface area contributed by atoms with Crippen molar-refractivity contribution in [1.29, 1.82) is 0 Å². The zero-order valence-electron chi connectivity index (χ0n) is 10.1. The van der Waals surface area contributed by atoms with E-state index < -0.39 is 17.4 Å². The molecule has 88 valence electrons. The molecule has 3 rings (SSSR count). The fraction of sp³-hybridized carbons (Fsp3) is 0.333. The third-order valence-corrected chi connectivity index (χ3v) is 3.58. The Morgan fingerprint density at radius 3 is 3.00 bits per heavy atom. The predicted octanol–water partition coefficient (Wildman–Crippen LogP) is -0.276. The van der Waals surface area contributed by atoms with Crippen LogP contribution in [0.4, 0.5) is 5.69 Å². The minimum atomic E-state index is -0.807. The SMILES string of the molecule is [2H]N1C[C@]2(C[C@H]1C(N)=O)C(=O)Nc1ccccc12. The van der Waals surface area contributed by atoms with Crippen molar-refractivity contribution in [3.63, 3.8) is 0 Å². The van der Waals surface area contributed by atoms with Crippen LogP contribution in [0.3, 0.4) is 0 Å². The number of rotatable bonds is 1. The lowest BCUT2D eigenvalue weighted by molar-refractivity contribution is -0.120. The quantitative estimate of drug-likeness (QED) is 0.623. The van der Waals surface area contributed by atoms with Gasteiger partial charge in [-0.15, -0.1) is 0 Å². The summed E-state index contributed by atoms with van der Waals surface area (Å²) in [6.45, 7) is 0.198. The average Bonchev–Trinajstić information content (AvgIpc) is 2.81. The summed E-state index contributed by atoms with van der Waals surface area (Å²) in [4.78, 5) is 23.5. The van der Waals surface area contributed by atoms with Crippen LogP contribution in [0.25, 0.3) is 0 Å². The van der Waals surface area contributed by atoms with Gasteiger partial charge >= 0.3 is 0 Å². The molecule has 1 fully saturated rings. The molecule has 0 bridgehead atoms. The minimum absolute atomic E-state index is 0.148. The van der Waals surface area contributed by atoms with Crippen LogP contribution in [-0.2, 0) is 15.0 Å². The van der Waals surface area contributed by atoms with Gasteiger partial charge in [-0.25, -0.2) is 0 Å². The average molecular weight is 232 g/mol. The summed E-state index contributed by atoms with van der Waals surface area (Å²) in [7, 11) is 0. The topological polar surface area (TPSA) is 84.2 Å². The van der Waals surface area contributed by atoms with Crippen LogP contribution in [-0.4, -0.2) is 24.4 Å². The monoisotopic (exact) mass is 232 g/mol. The maximum Gasteiger partial charge on any atom is 0.236 e. The molecule has 0 aliphatic carbocycles. The van der Waals surface area contributed by atoms with Gasteiger partial charge in [-0.3, -0.25) is 9.59 Å². The molecule has 17 heavy (non-hydrogen) atoms. The zero-order valence-corrected chi connectivity index (χ0v) is 9.14. The zero-order chi connectivity index (χ0) is 12.9. The molecule has 4 N–H and O–H groups in total. The van der Waals surface area contributed by atoms with Crippen LogP contribution in [0.15, 0.2) is 24.3 Å². The molecule has 0 aromatic heterocycles. The molecule has 0 unspecified atom stereocenters. The number of nitrogens with one attached hydrogen (secondary N) is 2. The summed E-state index contributed by atoms with van der Waals surface area (Å²) in [5.74, 6) is -0.705. The van der Waals surface area contributed by atoms with E-state index in [2.05, 4.69) is 5.32 Å². The van der Waals surface area contributed by atoms with Gasteiger partial charge in [-0.1, -0.05) is 18.2 Å². The maximum atomic E-state index is 12.2. The lowest BCUT2D eigenvalue weighted by Crippen LogP contribution is -2.36. The van der Waals surface area contributed by atoms with Crippen LogP contribution < -0.4 is 16.4 Å². The molecule has 2 atom stereocenters. The van der Waals surface area contributed by atoms with Gasteiger partial charge in [0, 0.05) is 12.2 Å². The molecule has 2 amide bonds.